The number of hydrogen-bond donors (Lipinski definition) is 2. The van der Waals surface area contributed by atoms with E-state index in [9.17, 15) is 13.2 Å². The van der Waals surface area contributed by atoms with Gasteiger partial charge in [-0.2, -0.15) is 13.2 Å². The van der Waals surface area contributed by atoms with Crippen LogP contribution < -0.4 is 11.1 Å². The molecule has 0 aliphatic rings. The van der Waals surface area contributed by atoms with Gasteiger partial charge in [-0.1, -0.05) is 29.5 Å². The Balaban J connectivity index is 1.34. The van der Waals surface area contributed by atoms with Crippen molar-refractivity contribution in [3.05, 3.63) is 78.2 Å². The molecule has 4 aromatic heterocycles. The summed E-state index contributed by atoms with van der Waals surface area (Å²) in [6.07, 6.45) is 1.30. The van der Waals surface area contributed by atoms with Gasteiger partial charge in [-0.15, -0.1) is 11.3 Å². The first-order valence-electron chi connectivity index (χ1n) is 10.7. The average Bonchev–Trinajstić information content (AvgIpc) is 3.47. The van der Waals surface area contributed by atoms with Crippen molar-refractivity contribution in [1.82, 2.24) is 19.9 Å². The van der Waals surface area contributed by atoms with Gasteiger partial charge in [0, 0.05) is 31.2 Å². The zero-order valence-corrected chi connectivity index (χ0v) is 19.8. The molecule has 0 saturated carbocycles. The van der Waals surface area contributed by atoms with Crippen LogP contribution in [0.25, 0.3) is 31.5 Å². The number of aromatic nitrogens is 4. The van der Waals surface area contributed by atoms with Crippen LogP contribution in [0.4, 0.5) is 18.3 Å². The predicted molar refractivity (Wildman–Crippen MR) is 133 cm³/mol. The normalized spacial score (nSPS) is 12.7. The van der Waals surface area contributed by atoms with E-state index in [1.54, 1.807) is 18.6 Å². The van der Waals surface area contributed by atoms with Crippen LogP contribution in [0, 0.1) is 0 Å². The smallest absolute Gasteiger partial charge is 0.360 e. The molecule has 0 spiro atoms. The summed E-state index contributed by atoms with van der Waals surface area (Å²) >= 11 is 3.00. The quantitative estimate of drug-likeness (QED) is 0.283. The van der Waals surface area contributed by atoms with Gasteiger partial charge >= 0.3 is 6.18 Å². The number of benzene rings is 1. The Kier molecular flexibility index (Phi) is 6.46. The molecule has 0 fully saturated rings. The molecular weight excluding hydrogens is 493 g/mol. The third-order valence-electron chi connectivity index (χ3n) is 5.21. The molecule has 1 atom stereocenters. The SMILES string of the molecule is N[C@H](CNc1nc(-c2ccccn2)c(-c2nc3ccncc3s2)s1)Cc1ccc(C(F)(F)F)cc1. The lowest BCUT2D eigenvalue weighted by atomic mass is 10.0. The van der Waals surface area contributed by atoms with Crippen molar-refractivity contribution in [2.75, 3.05) is 11.9 Å². The summed E-state index contributed by atoms with van der Waals surface area (Å²) in [6, 6.07) is 12.3. The van der Waals surface area contributed by atoms with E-state index in [-0.39, 0.29) is 6.04 Å². The Labute approximate surface area is 206 Å². The number of fused-ring (bicyclic) bond motifs is 1. The molecule has 0 saturated heterocycles. The van der Waals surface area contributed by atoms with Gasteiger partial charge in [0.1, 0.15) is 10.7 Å². The van der Waals surface area contributed by atoms with Gasteiger partial charge < -0.3 is 11.1 Å². The van der Waals surface area contributed by atoms with Crippen LogP contribution in [0.15, 0.2) is 67.1 Å². The molecule has 0 unspecified atom stereocenters. The molecule has 1 aromatic carbocycles. The van der Waals surface area contributed by atoms with Crippen molar-refractivity contribution in [2.45, 2.75) is 18.6 Å². The second kappa shape index (κ2) is 9.68. The molecule has 178 valence electrons. The molecule has 6 nitrogen and oxygen atoms in total. The number of rotatable bonds is 7. The van der Waals surface area contributed by atoms with Gasteiger partial charge in [0.05, 0.1) is 26.4 Å². The third kappa shape index (κ3) is 5.31. The van der Waals surface area contributed by atoms with E-state index in [2.05, 4.69) is 15.3 Å². The van der Waals surface area contributed by atoms with Crippen LogP contribution in [-0.4, -0.2) is 32.5 Å². The maximum absolute atomic E-state index is 12.8. The molecular formula is C24H19F3N6S2. The lowest BCUT2D eigenvalue weighted by Crippen LogP contribution is -2.31. The zero-order chi connectivity index (χ0) is 24.4. The Bertz CT molecular complexity index is 1400. The first-order chi connectivity index (χ1) is 16.9. The Morgan fingerprint density at radius 2 is 1.80 bits per heavy atom. The number of halogens is 3. The van der Waals surface area contributed by atoms with Crippen LogP contribution in [0.1, 0.15) is 11.1 Å². The molecule has 0 aliphatic heterocycles. The monoisotopic (exact) mass is 512 g/mol. The topological polar surface area (TPSA) is 89.6 Å². The van der Waals surface area contributed by atoms with Crippen LogP contribution in [0.3, 0.4) is 0 Å². The highest BCUT2D eigenvalue weighted by atomic mass is 32.1. The van der Waals surface area contributed by atoms with Crippen molar-refractivity contribution in [3.63, 3.8) is 0 Å². The van der Waals surface area contributed by atoms with Crippen LogP contribution >= 0.6 is 22.7 Å². The zero-order valence-electron chi connectivity index (χ0n) is 18.2. The van der Waals surface area contributed by atoms with Gasteiger partial charge in [0.2, 0.25) is 0 Å². The third-order valence-corrected chi connectivity index (χ3v) is 7.39. The highest BCUT2D eigenvalue weighted by Gasteiger charge is 2.30. The number of alkyl halides is 3. The van der Waals surface area contributed by atoms with Gasteiger partial charge in [0.15, 0.2) is 5.13 Å². The fourth-order valence-electron chi connectivity index (χ4n) is 3.52. The lowest BCUT2D eigenvalue weighted by molar-refractivity contribution is -0.137. The summed E-state index contributed by atoms with van der Waals surface area (Å²) in [4.78, 5) is 19.0. The lowest BCUT2D eigenvalue weighted by Gasteiger charge is -2.13. The minimum Gasteiger partial charge on any atom is -0.360 e. The number of nitrogens with one attached hydrogen (secondary N) is 1. The molecule has 0 radical (unpaired) electrons. The number of nitrogens with zero attached hydrogens (tertiary/aromatic N) is 4. The first-order valence-corrected chi connectivity index (χ1v) is 12.3. The Morgan fingerprint density at radius 1 is 0.971 bits per heavy atom. The fraction of sp³-hybridized carbons (Fsp3) is 0.167. The van der Waals surface area contributed by atoms with Gasteiger partial charge in [-0.25, -0.2) is 9.97 Å². The number of anilines is 1. The Morgan fingerprint density at radius 3 is 2.51 bits per heavy atom. The number of hydrogen-bond acceptors (Lipinski definition) is 8. The molecule has 4 heterocycles. The minimum absolute atomic E-state index is 0.314. The second-order valence-corrected chi connectivity index (χ2v) is 9.84. The molecule has 5 rings (SSSR count). The molecule has 0 aliphatic carbocycles. The Hall–Kier alpha value is -3.41. The number of pyridine rings is 2. The summed E-state index contributed by atoms with van der Waals surface area (Å²) in [6.45, 7) is 0.402. The highest BCUT2D eigenvalue weighted by molar-refractivity contribution is 7.27. The van der Waals surface area contributed by atoms with E-state index in [4.69, 9.17) is 15.7 Å². The maximum Gasteiger partial charge on any atom is 0.416 e. The fourth-order valence-corrected chi connectivity index (χ4v) is 5.51. The molecule has 0 bridgehead atoms. The largest absolute Gasteiger partial charge is 0.416 e. The van der Waals surface area contributed by atoms with Gasteiger partial charge in [-0.3, -0.25) is 9.97 Å². The first kappa shape index (κ1) is 23.3. The summed E-state index contributed by atoms with van der Waals surface area (Å²) in [7, 11) is 0. The number of nitrogens with two attached hydrogens (primary N) is 1. The highest BCUT2D eigenvalue weighted by Crippen LogP contribution is 2.41. The van der Waals surface area contributed by atoms with Gasteiger partial charge in [0.25, 0.3) is 0 Å². The van der Waals surface area contributed by atoms with Crippen LogP contribution in [0.2, 0.25) is 0 Å². The molecule has 3 N–H and O–H groups in total. The predicted octanol–water partition coefficient (Wildman–Crippen LogP) is 5.88. The van der Waals surface area contributed by atoms with Crippen molar-refractivity contribution in [2.24, 2.45) is 5.73 Å². The van der Waals surface area contributed by atoms with E-state index < -0.39 is 11.7 Å². The van der Waals surface area contributed by atoms with E-state index in [0.29, 0.717) is 18.1 Å². The van der Waals surface area contributed by atoms with Crippen molar-refractivity contribution in [3.8, 4) is 21.3 Å². The van der Waals surface area contributed by atoms with Crippen molar-refractivity contribution in [1.29, 1.82) is 0 Å². The number of thiazole rings is 2. The molecule has 35 heavy (non-hydrogen) atoms. The summed E-state index contributed by atoms with van der Waals surface area (Å²) in [5, 5.41) is 4.77. The molecule has 0 amide bonds. The standard InChI is InChI=1S/C24H19F3N6S2/c25-24(26,27)15-6-4-14(5-7-15)11-16(28)12-31-23-33-20(18-3-1-2-9-30-18)21(35-23)22-32-17-8-10-29-13-19(17)34-22/h1-10,13,16H,11-12,28H2,(H,31,33)/t16-/m0/s1. The van der Waals surface area contributed by atoms with E-state index in [1.807, 2.05) is 24.3 Å². The molecule has 5 aromatic rings. The van der Waals surface area contributed by atoms with Crippen LogP contribution in [0.5, 0.6) is 0 Å². The summed E-state index contributed by atoms with van der Waals surface area (Å²) in [5.74, 6) is 0. The maximum atomic E-state index is 12.8. The van der Waals surface area contributed by atoms with E-state index >= 15 is 0 Å². The van der Waals surface area contributed by atoms with E-state index in [1.165, 1.54) is 34.8 Å². The van der Waals surface area contributed by atoms with Crippen molar-refractivity contribution >= 4 is 38.0 Å². The summed E-state index contributed by atoms with van der Waals surface area (Å²) < 4.78 is 39.3. The van der Waals surface area contributed by atoms with Gasteiger partial charge in [-0.05, 0) is 42.3 Å². The van der Waals surface area contributed by atoms with E-state index in [0.717, 1.165) is 49.2 Å². The minimum atomic E-state index is -4.35. The van der Waals surface area contributed by atoms with Crippen molar-refractivity contribution < 1.29 is 13.2 Å². The van der Waals surface area contributed by atoms with Crippen LogP contribution in [-0.2, 0) is 12.6 Å². The second-order valence-electron chi connectivity index (χ2n) is 7.81. The average molecular weight is 513 g/mol. The molecule has 11 heteroatoms. The summed E-state index contributed by atoms with van der Waals surface area (Å²) in [5.41, 5.74) is 8.65.